The summed E-state index contributed by atoms with van der Waals surface area (Å²) in [6.45, 7) is 0. The van der Waals surface area contributed by atoms with Crippen LogP contribution < -0.4 is 5.43 Å². The van der Waals surface area contributed by atoms with Crippen molar-refractivity contribution >= 4 is 23.0 Å². The minimum absolute atomic E-state index is 0.0115. The fourth-order valence-corrected chi connectivity index (χ4v) is 2.98. The molecule has 4 nitrogen and oxygen atoms in total. The lowest BCUT2D eigenvalue weighted by atomic mass is 10.1. The van der Waals surface area contributed by atoms with Crippen LogP contribution in [0.2, 0.25) is 0 Å². The maximum Gasteiger partial charge on any atom is 0.243 e. The van der Waals surface area contributed by atoms with Crippen LogP contribution in [-0.2, 0) is 4.79 Å². The molecule has 1 heterocycles. The fourth-order valence-electron chi connectivity index (χ4n) is 2.98. The van der Waals surface area contributed by atoms with Crippen LogP contribution in [0.1, 0.15) is 23.5 Å². The molecule has 0 radical (unpaired) electrons. The Kier molecular flexibility index (Phi) is 3.79. The molecule has 0 saturated heterocycles. The van der Waals surface area contributed by atoms with Gasteiger partial charge in [-0.25, -0.2) is 5.43 Å². The normalized spacial score (nSPS) is 19.5. The molecule has 4 heteroatoms. The van der Waals surface area contributed by atoms with E-state index < -0.39 is 0 Å². The minimum atomic E-state index is -0.0115. The van der Waals surface area contributed by atoms with Crippen LogP contribution in [0.25, 0.3) is 10.9 Å². The van der Waals surface area contributed by atoms with Crippen LogP contribution in [0.15, 0.2) is 72.0 Å². The fraction of sp³-hybridized carbons (Fsp3) is 0.150. The van der Waals surface area contributed by atoms with Gasteiger partial charge in [0, 0.05) is 17.5 Å². The quantitative estimate of drug-likeness (QED) is 0.592. The number of nitrogens with zero attached hydrogens (tertiary/aromatic N) is 2. The number of carbonyl (C=O) groups excluding carboxylic acids is 1. The summed E-state index contributed by atoms with van der Waals surface area (Å²) in [6, 6.07) is 20.0. The van der Waals surface area contributed by atoms with E-state index in [1.165, 1.54) is 5.56 Å². The number of aromatic nitrogens is 1. The topological polar surface area (TPSA) is 54.4 Å². The van der Waals surface area contributed by atoms with E-state index in [4.69, 9.17) is 0 Å². The van der Waals surface area contributed by atoms with Crippen molar-refractivity contribution in [1.82, 2.24) is 10.4 Å². The third-order valence-electron chi connectivity index (χ3n) is 4.37. The van der Waals surface area contributed by atoms with Crippen molar-refractivity contribution in [2.45, 2.75) is 12.3 Å². The van der Waals surface area contributed by atoms with Crippen molar-refractivity contribution in [2.24, 2.45) is 11.0 Å². The smallest absolute Gasteiger partial charge is 0.243 e. The van der Waals surface area contributed by atoms with E-state index in [0.717, 1.165) is 22.9 Å². The van der Waals surface area contributed by atoms with Crippen LogP contribution in [0, 0.1) is 5.92 Å². The monoisotopic (exact) mass is 315 g/mol. The lowest BCUT2D eigenvalue weighted by Gasteiger charge is -2.01. The van der Waals surface area contributed by atoms with Gasteiger partial charge in [0.15, 0.2) is 0 Å². The van der Waals surface area contributed by atoms with Gasteiger partial charge in [0.25, 0.3) is 0 Å². The minimum Gasteiger partial charge on any atom is -0.273 e. The van der Waals surface area contributed by atoms with Crippen molar-refractivity contribution in [1.29, 1.82) is 0 Å². The molecule has 1 aliphatic carbocycles. The van der Waals surface area contributed by atoms with Crippen molar-refractivity contribution in [3.05, 3.63) is 78.0 Å². The molecule has 1 aliphatic rings. The number of pyridine rings is 1. The zero-order chi connectivity index (χ0) is 16.4. The van der Waals surface area contributed by atoms with E-state index in [1.54, 1.807) is 12.4 Å². The number of fused-ring (bicyclic) bond motifs is 1. The maximum atomic E-state index is 12.2. The summed E-state index contributed by atoms with van der Waals surface area (Å²) in [7, 11) is 0. The number of hydrogen-bond acceptors (Lipinski definition) is 3. The van der Waals surface area contributed by atoms with Crippen LogP contribution in [0.4, 0.5) is 0 Å². The van der Waals surface area contributed by atoms with Crippen molar-refractivity contribution < 1.29 is 4.79 Å². The van der Waals surface area contributed by atoms with Gasteiger partial charge < -0.3 is 0 Å². The summed E-state index contributed by atoms with van der Waals surface area (Å²) >= 11 is 0. The second kappa shape index (κ2) is 6.24. The Morgan fingerprint density at radius 3 is 2.88 bits per heavy atom. The molecule has 0 aliphatic heterocycles. The predicted molar refractivity (Wildman–Crippen MR) is 94.8 cm³/mol. The third kappa shape index (κ3) is 3.04. The molecule has 0 bridgehead atoms. The molecule has 1 fully saturated rings. The molecule has 2 atom stereocenters. The Morgan fingerprint density at radius 1 is 1.12 bits per heavy atom. The molecule has 1 aromatic heterocycles. The molecular formula is C20H17N3O. The Bertz CT molecular complexity index is 905. The Balaban J connectivity index is 1.37. The number of amides is 1. The summed E-state index contributed by atoms with van der Waals surface area (Å²) in [4.78, 5) is 16.4. The van der Waals surface area contributed by atoms with Gasteiger partial charge in [0.2, 0.25) is 5.91 Å². The molecule has 2 aromatic carbocycles. The number of hydrazone groups is 1. The first-order valence-electron chi connectivity index (χ1n) is 8.04. The lowest BCUT2D eigenvalue weighted by molar-refractivity contribution is -0.122. The lowest BCUT2D eigenvalue weighted by Crippen LogP contribution is -2.20. The van der Waals surface area contributed by atoms with Gasteiger partial charge in [0.05, 0.1) is 11.7 Å². The van der Waals surface area contributed by atoms with Crippen LogP contribution in [0.3, 0.4) is 0 Å². The second-order valence-electron chi connectivity index (χ2n) is 6.05. The van der Waals surface area contributed by atoms with E-state index in [1.807, 2.05) is 48.5 Å². The molecular weight excluding hydrogens is 298 g/mol. The highest BCUT2D eigenvalue weighted by atomic mass is 16.2. The van der Waals surface area contributed by atoms with Gasteiger partial charge in [-0.3, -0.25) is 9.78 Å². The first kappa shape index (κ1) is 14.6. The highest BCUT2D eigenvalue weighted by molar-refractivity contribution is 5.89. The molecule has 3 aromatic rings. The molecule has 1 saturated carbocycles. The number of rotatable bonds is 4. The predicted octanol–water partition coefficient (Wildman–Crippen LogP) is 3.49. The SMILES string of the molecule is O=C(NN=Cc1ccc2ncccc2c1)C1CC1c1ccccc1. The van der Waals surface area contributed by atoms with Crippen LogP contribution >= 0.6 is 0 Å². The summed E-state index contributed by atoms with van der Waals surface area (Å²) in [5.41, 5.74) is 5.76. The van der Waals surface area contributed by atoms with Gasteiger partial charge in [-0.2, -0.15) is 5.10 Å². The van der Waals surface area contributed by atoms with Crippen molar-refractivity contribution in [3.63, 3.8) is 0 Å². The van der Waals surface area contributed by atoms with Crippen LogP contribution in [0.5, 0.6) is 0 Å². The Hall–Kier alpha value is -3.01. The second-order valence-corrected chi connectivity index (χ2v) is 6.05. The maximum absolute atomic E-state index is 12.2. The van der Waals surface area contributed by atoms with E-state index in [0.29, 0.717) is 5.92 Å². The van der Waals surface area contributed by atoms with Gasteiger partial charge in [0.1, 0.15) is 0 Å². The first-order valence-corrected chi connectivity index (χ1v) is 8.04. The zero-order valence-corrected chi connectivity index (χ0v) is 13.1. The van der Waals surface area contributed by atoms with E-state index in [-0.39, 0.29) is 11.8 Å². The highest BCUT2D eigenvalue weighted by Crippen LogP contribution is 2.47. The first-order chi connectivity index (χ1) is 11.8. The van der Waals surface area contributed by atoms with E-state index in [9.17, 15) is 4.79 Å². The molecule has 118 valence electrons. The van der Waals surface area contributed by atoms with E-state index >= 15 is 0 Å². The number of nitrogens with one attached hydrogen (secondary N) is 1. The highest BCUT2D eigenvalue weighted by Gasteiger charge is 2.43. The van der Waals surface area contributed by atoms with Crippen molar-refractivity contribution in [3.8, 4) is 0 Å². The molecule has 0 spiro atoms. The number of carbonyl (C=O) groups is 1. The Labute approximate surface area is 140 Å². The van der Waals surface area contributed by atoms with Gasteiger partial charge in [-0.05, 0) is 41.7 Å². The van der Waals surface area contributed by atoms with Gasteiger partial charge >= 0.3 is 0 Å². The third-order valence-corrected chi connectivity index (χ3v) is 4.37. The standard InChI is InChI=1S/C20H17N3O/c24-20(18-12-17(18)15-5-2-1-3-6-15)23-22-13-14-8-9-19-16(11-14)7-4-10-21-19/h1-11,13,17-18H,12H2,(H,23,24). The zero-order valence-electron chi connectivity index (χ0n) is 13.1. The number of benzene rings is 2. The van der Waals surface area contributed by atoms with Crippen LogP contribution in [-0.4, -0.2) is 17.1 Å². The summed E-state index contributed by atoms with van der Waals surface area (Å²) < 4.78 is 0. The van der Waals surface area contributed by atoms with E-state index in [2.05, 4.69) is 27.6 Å². The molecule has 4 rings (SSSR count). The molecule has 1 N–H and O–H groups in total. The summed E-state index contributed by atoms with van der Waals surface area (Å²) in [5.74, 6) is 0.348. The average molecular weight is 315 g/mol. The van der Waals surface area contributed by atoms with Gasteiger partial charge in [-0.1, -0.05) is 42.5 Å². The average Bonchev–Trinajstić information content (AvgIpc) is 3.43. The molecule has 2 unspecified atom stereocenters. The largest absolute Gasteiger partial charge is 0.273 e. The van der Waals surface area contributed by atoms with Gasteiger partial charge in [-0.15, -0.1) is 0 Å². The Morgan fingerprint density at radius 2 is 2.00 bits per heavy atom. The summed E-state index contributed by atoms with van der Waals surface area (Å²) in [5, 5.41) is 5.15. The van der Waals surface area contributed by atoms with Crippen molar-refractivity contribution in [2.75, 3.05) is 0 Å². The molecule has 1 amide bonds. The molecule has 24 heavy (non-hydrogen) atoms. The summed E-state index contributed by atoms with van der Waals surface area (Å²) in [6.07, 6.45) is 4.34. The number of hydrogen-bond donors (Lipinski definition) is 1.